The largest absolute Gasteiger partial charge is 0.312 e. The van der Waals surface area contributed by atoms with Crippen molar-refractivity contribution >= 4 is 56.7 Å². The Bertz CT molecular complexity index is 1090. The van der Waals surface area contributed by atoms with E-state index >= 15 is 0 Å². The first kappa shape index (κ1) is 18.6. The summed E-state index contributed by atoms with van der Waals surface area (Å²) in [5.74, 6) is -0.349. The molecule has 26 heavy (non-hydrogen) atoms. The minimum Gasteiger partial charge on any atom is -0.312 e. The highest BCUT2D eigenvalue weighted by Gasteiger charge is 2.11. The van der Waals surface area contributed by atoms with E-state index in [1.165, 1.54) is 17.4 Å². The van der Waals surface area contributed by atoms with Gasteiger partial charge in [-0.15, -0.1) is 6.58 Å². The second kappa shape index (κ2) is 8.04. The number of hydrogen-bond donors (Lipinski definition) is 0. The molecule has 0 spiro atoms. The van der Waals surface area contributed by atoms with Gasteiger partial charge in [0.2, 0.25) is 0 Å². The van der Waals surface area contributed by atoms with Crippen LogP contribution in [0.1, 0.15) is 11.1 Å². The lowest BCUT2D eigenvalue weighted by molar-refractivity contribution is -0.113. The first-order valence-corrected chi connectivity index (χ1v) is 9.49. The molecule has 132 valence electrons. The second-order valence-corrected chi connectivity index (χ2v) is 7.43. The topological polar surface area (TPSA) is 34.4 Å². The Balaban J connectivity index is 2.05. The first-order valence-electron chi connectivity index (χ1n) is 7.92. The van der Waals surface area contributed by atoms with Gasteiger partial charge in [0.25, 0.3) is 5.91 Å². The Morgan fingerprint density at radius 2 is 2.00 bits per heavy atom. The molecule has 0 atom stereocenters. The van der Waals surface area contributed by atoms with Gasteiger partial charge >= 0.3 is 0 Å². The fourth-order valence-corrected chi connectivity index (χ4v) is 4.06. The van der Waals surface area contributed by atoms with E-state index in [4.69, 9.17) is 23.2 Å². The maximum atomic E-state index is 12.3. The number of carbonyl (C=O) groups is 1. The van der Waals surface area contributed by atoms with E-state index < -0.39 is 0 Å². The average molecular weight is 403 g/mol. The van der Waals surface area contributed by atoms with Crippen LogP contribution in [0.5, 0.6) is 0 Å². The highest BCUT2D eigenvalue weighted by atomic mass is 35.5. The number of thiazole rings is 1. The molecule has 1 aromatic heterocycles. The summed E-state index contributed by atoms with van der Waals surface area (Å²) >= 11 is 13.8. The highest BCUT2D eigenvalue weighted by Crippen LogP contribution is 2.27. The molecule has 3 aromatic rings. The van der Waals surface area contributed by atoms with Gasteiger partial charge in [-0.2, -0.15) is 4.99 Å². The maximum absolute atomic E-state index is 12.3. The summed E-state index contributed by atoms with van der Waals surface area (Å²) in [5, 5.41) is 1.27. The van der Waals surface area contributed by atoms with Crippen LogP contribution in [0.15, 0.2) is 60.1 Å². The molecule has 0 aliphatic rings. The van der Waals surface area contributed by atoms with Crippen molar-refractivity contribution in [2.45, 2.75) is 13.5 Å². The fourth-order valence-electron chi connectivity index (χ4n) is 2.60. The molecule has 0 aliphatic heterocycles. The summed E-state index contributed by atoms with van der Waals surface area (Å²) in [6, 6.07) is 11.1. The Labute approximate surface area is 165 Å². The van der Waals surface area contributed by atoms with Gasteiger partial charge in [-0.25, -0.2) is 0 Å². The summed E-state index contributed by atoms with van der Waals surface area (Å²) in [6.45, 7) is 6.30. The summed E-state index contributed by atoms with van der Waals surface area (Å²) in [4.78, 5) is 17.2. The van der Waals surface area contributed by atoms with Crippen molar-refractivity contribution in [2.24, 2.45) is 4.99 Å². The zero-order valence-electron chi connectivity index (χ0n) is 14.1. The van der Waals surface area contributed by atoms with E-state index in [1.54, 1.807) is 18.2 Å². The number of benzene rings is 2. The normalized spacial score (nSPS) is 12.2. The molecule has 0 bridgehead atoms. The molecule has 0 fully saturated rings. The fraction of sp³-hybridized carbons (Fsp3) is 0.100. The van der Waals surface area contributed by atoms with Crippen LogP contribution in [0.25, 0.3) is 16.3 Å². The maximum Gasteiger partial charge on any atom is 0.272 e. The van der Waals surface area contributed by atoms with Crippen LogP contribution >= 0.6 is 34.5 Å². The Kier molecular flexibility index (Phi) is 5.77. The van der Waals surface area contributed by atoms with E-state index in [0.29, 0.717) is 21.4 Å². The first-order chi connectivity index (χ1) is 12.5. The standard InChI is InChI=1S/C20H16Cl2N2OS/c1-3-12-24-19-13(2)15(21)9-10-17(19)26-20(24)23-18(25)11-8-14-6-4-5-7-16(14)22/h3-11H,1,12H2,2H3/b11-8+,23-20?. The summed E-state index contributed by atoms with van der Waals surface area (Å²) in [7, 11) is 0. The van der Waals surface area contributed by atoms with Gasteiger partial charge in [0.05, 0.1) is 10.2 Å². The van der Waals surface area contributed by atoms with Crippen molar-refractivity contribution in [2.75, 3.05) is 0 Å². The number of amides is 1. The molecule has 0 saturated carbocycles. The van der Waals surface area contributed by atoms with E-state index in [0.717, 1.165) is 21.3 Å². The Hall–Kier alpha value is -2.14. The van der Waals surface area contributed by atoms with Gasteiger partial charge in [0.15, 0.2) is 4.80 Å². The third kappa shape index (κ3) is 3.83. The zero-order valence-corrected chi connectivity index (χ0v) is 16.4. The lowest BCUT2D eigenvalue weighted by Crippen LogP contribution is -2.16. The van der Waals surface area contributed by atoms with Crippen LogP contribution in [-0.2, 0) is 11.3 Å². The molecule has 1 amide bonds. The van der Waals surface area contributed by atoms with E-state index in [-0.39, 0.29) is 5.91 Å². The number of carbonyl (C=O) groups excluding carboxylic acids is 1. The van der Waals surface area contributed by atoms with Crippen molar-refractivity contribution in [3.63, 3.8) is 0 Å². The summed E-state index contributed by atoms with van der Waals surface area (Å²) in [6.07, 6.45) is 4.86. The van der Waals surface area contributed by atoms with Crippen LogP contribution in [0, 0.1) is 6.92 Å². The number of aromatic nitrogens is 1. The van der Waals surface area contributed by atoms with Crippen molar-refractivity contribution < 1.29 is 4.79 Å². The number of aryl methyl sites for hydroxylation is 1. The number of hydrogen-bond acceptors (Lipinski definition) is 2. The number of rotatable bonds is 4. The summed E-state index contributed by atoms with van der Waals surface area (Å²) in [5.41, 5.74) is 2.71. The van der Waals surface area contributed by atoms with E-state index in [9.17, 15) is 4.79 Å². The molecule has 6 heteroatoms. The molecule has 3 rings (SSSR count). The Morgan fingerprint density at radius 3 is 2.73 bits per heavy atom. The molecular formula is C20H16Cl2N2OS. The van der Waals surface area contributed by atoms with E-state index in [2.05, 4.69) is 11.6 Å². The number of halogens is 2. The summed E-state index contributed by atoms with van der Waals surface area (Å²) < 4.78 is 2.98. The average Bonchev–Trinajstić information content (AvgIpc) is 2.96. The van der Waals surface area contributed by atoms with Gasteiger partial charge in [0, 0.05) is 22.7 Å². The predicted octanol–water partition coefficient (Wildman–Crippen LogP) is 5.64. The quantitative estimate of drug-likeness (QED) is 0.410. The minimum absolute atomic E-state index is 0.349. The third-order valence-electron chi connectivity index (χ3n) is 3.86. The lowest BCUT2D eigenvalue weighted by atomic mass is 10.2. The zero-order chi connectivity index (χ0) is 18.7. The monoisotopic (exact) mass is 402 g/mol. The predicted molar refractivity (Wildman–Crippen MR) is 111 cm³/mol. The smallest absolute Gasteiger partial charge is 0.272 e. The van der Waals surface area contributed by atoms with Crippen LogP contribution in [-0.4, -0.2) is 10.5 Å². The molecule has 3 nitrogen and oxygen atoms in total. The van der Waals surface area contributed by atoms with Crippen molar-refractivity contribution in [3.05, 3.63) is 81.1 Å². The Morgan fingerprint density at radius 1 is 1.23 bits per heavy atom. The number of nitrogens with zero attached hydrogens (tertiary/aromatic N) is 2. The molecule has 0 aliphatic carbocycles. The minimum atomic E-state index is -0.349. The van der Waals surface area contributed by atoms with Gasteiger partial charge in [-0.1, -0.05) is 58.8 Å². The molecule has 0 radical (unpaired) electrons. The van der Waals surface area contributed by atoms with Crippen LogP contribution < -0.4 is 4.80 Å². The van der Waals surface area contributed by atoms with E-state index in [1.807, 2.05) is 41.8 Å². The molecule has 0 unspecified atom stereocenters. The van der Waals surface area contributed by atoms with Crippen molar-refractivity contribution in [3.8, 4) is 0 Å². The number of fused-ring (bicyclic) bond motifs is 1. The SMILES string of the molecule is C=CCn1c(=NC(=O)/C=C/c2ccccc2Cl)sc2ccc(Cl)c(C)c21. The third-order valence-corrected chi connectivity index (χ3v) is 5.66. The second-order valence-electron chi connectivity index (χ2n) is 5.61. The van der Waals surface area contributed by atoms with Gasteiger partial charge in [-0.3, -0.25) is 4.79 Å². The van der Waals surface area contributed by atoms with Crippen LogP contribution in [0.4, 0.5) is 0 Å². The van der Waals surface area contributed by atoms with Crippen LogP contribution in [0.3, 0.4) is 0 Å². The molecular weight excluding hydrogens is 387 g/mol. The molecule has 1 heterocycles. The molecule has 0 N–H and O–H groups in total. The highest BCUT2D eigenvalue weighted by molar-refractivity contribution is 7.16. The van der Waals surface area contributed by atoms with Crippen molar-refractivity contribution in [1.82, 2.24) is 4.57 Å². The van der Waals surface area contributed by atoms with Gasteiger partial charge in [-0.05, 0) is 42.3 Å². The number of allylic oxidation sites excluding steroid dienone is 1. The lowest BCUT2D eigenvalue weighted by Gasteiger charge is -2.05. The van der Waals surface area contributed by atoms with Crippen LogP contribution in [0.2, 0.25) is 10.0 Å². The molecule has 2 aromatic carbocycles. The van der Waals surface area contributed by atoms with Gasteiger partial charge in [0.1, 0.15) is 0 Å². The van der Waals surface area contributed by atoms with Gasteiger partial charge < -0.3 is 4.57 Å². The molecule has 0 saturated heterocycles. The van der Waals surface area contributed by atoms with Crippen molar-refractivity contribution in [1.29, 1.82) is 0 Å².